The van der Waals surface area contributed by atoms with E-state index in [1.54, 1.807) is 25.4 Å². The number of nitrogens with zero attached hydrogens (tertiary/aromatic N) is 2. The SMILES string of the molecule is CN(C(=O)c1cc(C(=O)O)co1)c1cccnc1. The lowest BCUT2D eigenvalue weighted by molar-refractivity contribution is 0.0696. The van der Waals surface area contributed by atoms with Gasteiger partial charge in [-0.3, -0.25) is 9.78 Å². The summed E-state index contributed by atoms with van der Waals surface area (Å²) in [7, 11) is 1.56. The second kappa shape index (κ2) is 4.70. The number of hydrogen-bond donors (Lipinski definition) is 1. The highest BCUT2D eigenvalue weighted by Crippen LogP contribution is 2.15. The minimum Gasteiger partial charge on any atom is -0.478 e. The summed E-state index contributed by atoms with van der Waals surface area (Å²) in [6.07, 6.45) is 4.16. The summed E-state index contributed by atoms with van der Waals surface area (Å²) in [5.74, 6) is -1.60. The zero-order chi connectivity index (χ0) is 13.1. The van der Waals surface area contributed by atoms with E-state index in [0.29, 0.717) is 5.69 Å². The van der Waals surface area contributed by atoms with Gasteiger partial charge in [0.2, 0.25) is 0 Å². The molecule has 2 rings (SSSR count). The van der Waals surface area contributed by atoms with Crippen LogP contribution >= 0.6 is 0 Å². The Hall–Kier alpha value is -2.63. The fourth-order valence-electron chi connectivity index (χ4n) is 1.40. The molecule has 0 fully saturated rings. The molecule has 0 spiro atoms. The standard InChI is InChI=1S/C12H10N2O4/c1-14(9-3-2-4-13-6-9)11(15)10-5-8(7-18-10)12(16)17/h2-7H,1H3,(H,16,17). The molecule has 0 aliphatic heterocycles. The van der Waals surface area contributed by atoms with Gasteiger partial charge in [-0.25, -0.2) is 4.79 Å². The number of aromatic nitrogens is 1. The Labute approximate surface area is 102 Å². The van der Waals surface area contributed by atoms with E-state index in [0.717, 1.165) is 6.26 Å². The Balaban J connectivity index is 2.23. The van der Waals surface area contributed by atoms with Crippen molar-refractivity contribution in [3.05, 3.63) is 48.2 Å². The molecule has 2 heterocycles. The summed E-state index contributed by atoms with van der Waals surface area (Å²) in [6, 6.07) is 4.60. The normalized spacial score (nSPS) is 10.1. The van der Waals surface area contributed by atoms with Gasteiger partial charge in [-0.1, -0.05) is 0 Å². The molecule has 1 N–H and O–H groups in total. The molecule has 0 saturated heterocycles. The van der Waals surface area contributed by atoms with Crippen molar-refractivity contribution in [1.29, 1.82) is 0 Å². The van der Waals surface area contributed by atoms with E-state index < -0.39 is 11.9 Å². The van der Waals surface area contributed by atoms with Crippen LogP contribution in [0.15, 0.2) is 41.3 Å². The Kier molecular flexibility index (Phi) is 3.09. The van der Waals surface area contributed by atoms with E-state index in [9.17, 15) is 9.59 Å². The van der Waals surface area contributed by atoms with Gasteiger partial charge >= 0.3 is 5.97 Å². The van der Waals surface area contributed by atoms with Crippen LogP contribution in [0, 0.1) is 0 Å². The highest BCUT2D eigenvalue weighted by atomic mass is 16.4. The fourth-order valence-corrected chi connectivity index (χ4v) is 1.40. The van der Waals surface area contributed by atoms with Crippen LogP contribution in [-0.4, -0.2) is 29.0 Å². The number of aromatic carboxylic acids is 1. The highest BCUT2D eigenvalue weighted by molar-refractivity contribution is 6.04. The van der Waals surface area contributed by atoms with Gasteiger partial charge in [0.1, 0.15) is 6.26 Å². The van der Waals surface area contributed by atoms with Gasteiger partial charge in [0.25, 0.3) is 5.91 Å². The molecular weight excluding hydrogens is 236 g/mol. The molecule has 0 bridgehead atoms. The number of rotatable bonds is 3. The van der Waals surface area contributed by atoms with Crippen LogP contribution in [0.2, 0.25) is 0 Å². The van der Waals surface area contributed by atoms with E-state index in [1.165, 1.54) is 17.2 Å². The molecule has 0 aliphatic rings. The van der Waals surface area contributed by atoms with Gasteiger partial charge < -0.3 is 14.4 Å². The smallest absolute Gasteiger partial charge is 0.338 e. The van der Waals surface area contributed by atoms with Crippen molar-refractivity contribution in [1.82, 2.24) is 4.98 Å². The number of hydrogen-bond acceptors (Lipinski definition) is 4. The molecule has 0 atom stereocenters. The third-order valence-electron chi connectivity index (χ3n) is 2.40. The molecule has 0 aromatic carbocycles. The van der Waals surface area contributed by atoms with Gasteiger partial charge in [0.05, 0.1) is 17.4 Å². The molecule has 92 valence electrons. The molecule has 18 heavy (non-hydrogen) atoms. The summed E-state index contributed by atoms with van der Waals surface area (Å²) < 4.78 is 4.94. The second-order valence-electron chi connectivity index (χ2n) is 3.58. The Morgan fingerprint density at radius 3 is 2.78 bits per heavy atom. The Morgan fingerprint density at radius 2 is 2.22 bits per heavy atom. The van der Waals surface area contributed by atoms with Crippen LogP contribution < -0.4 is 4.90 Å². The van der Waals surface area contributed by atoms with Crippen molar-refractivity contribution in [3.63, 3.8) is 0 Å². The van der Waals surface area contributed by atoms with Gasteiger partial charge in [-0.05, 0) is 12.1 Å². The number of carbonyl (C=O) groups is 2. The van der Waals surface area contributed by atoms with Crippen molar-refractivity contribution in [2.75, 3.05) is 11.9 Å². The van der Waals surface area contributed by atoms with E-state index in [-0.39, 0.29) is 11.3 Å². The van der Waals surface area contributed by atoms with E-state index in [1.807, 2.05) is 0 Å². The number of amides is 1. The van der Waals surface area contributed by atoms with Gasteiger partial charge in [0, 0.05) is 19.3 Å². The Bertz CT molecular complexity index is 577. The minimum atomic E-state index is -1.14. The average molecular weight is 246 g/mol. The molecule has 6 nitrogen and oxygen atoms in total. The first kappa shape index (κ1) is 11.8. The van der Waals surface area contributed by atoms with Crippen LogP contribution in [0.1, 0.15) is 20.9 Å². The van der Waals surface area contributed by atoms with E-state index >= 15 is 0 Å². The van der Waals surface area contributed by atoms with Gasteiger partial charge in [-0.2, -0.15) is 0 Å². The highest BCUT2D eigenvalue weighted by Gasteiger charge is 2.19. The monoisotopic (exact) mass is 246 g/mol. The van der Waals surface area contributed by atoms with Gasteiger partial charge in [0.15, 0.2) is 5.76 Å². The van der Waals surface area contributed by atoms with Crippen LogP contribution in [-0.2, 0) is 0 Å². The summed E-state index contributed by atoms with van der Waals surface area (Å²) in [5, 5.41) is 8.74. The minimum absolute atomic E-state index is 0.0289. The molecular formula is C12H10N2O4. The van der Waals surface area contributed by atoms with E-state index in [4.69, 9.17) is 9.52 Å². The summed E-state index contributed by atoms with van der Waals surface area (Å²) >= 11 is 0. The number of carbonyl (C=O) groups excluding carboxylic acids is 1. The van der Waals surface area contributed by atoms with Crippen LogP contribution in [0.4, 0.5) is 5.69 Å². The average Bonchev–Trinajstić information content (AvgIpc) is 2.88. The van der Waals surface area contributed by atoms with Crippen molar-refractivity contribution < 1.29 is 19.1 Å². The summed E-state index contributed by atoms with van der Waals surface area (Å²) in [4.78, 5) is 27.9. The molecule has 0 saturated carbocycles. The number of carboxylic acid groups (broad SMARTS) is 1. The second-order valence-corrected chi connectivity index (χ2v) is 3.58. The zero-order valence-electron chi connectivity index (χ0n) is 9.53. The maximum Gasteiger partial charge on any atom is 0.338 e. The third kappa shape index (κ3) is 2.22. The molecule has 0 unspecified atom stereocenters. The van der Waals surface area contributed by atoms with Crippen molar-refractivity contribution >= 4 is 17.6 Å². The first-order valence-electron chi connectivity index (χ1n) is 5.09. The third-order valence-corrected chi connectivity index (χ3v) is 2.40. The van der Waals surface area contributed by atoms with E-state index in [2.05, 4.69) is 4.98 Å². The lowest BCUT2D eigenvalue weighted by Crippen LogP contribution is -2.25. The summed E-state index contributed by atoms with van der Waals surface area (Å²) in [6.45, 7) is 0. The van der Waals surface area contributed by atoms with Crippen molar-refractivity contribution in [2.24, 2.45) is 0 Å². The molecule has 2 aromatic rings. The van der Waals surface area contributed by atoms with Crippen molar-refractivity contribution in [2.45, 2.75) is 0 Å². The molecule has 6 heteroatoms. The maximum absolute atomic E-state index is 12.0. The number of carboxylic acids is 1. The lowest BCUT2D eigenvalue weighted by atomic mass is 10.3. The topological polar surface area (TPSA) is 83.6 Å². The number of anilines is 1. The van der Waals surface area contributed by atoms with Crippen molar-refractivity contribution in [3.8, 4) is 0 Å². The summed E-state index contributed by atoms with van der Waals surface area (Å²) in [5.41, 5.74) is 0.536. The maximum atomic E-state index is 12.0. The van der Waals surface area contributed by atoms with Crippen LogP contribution in [0.5, 0.6) is 0 Å². The first-order chi connectivity index (χ1) is 8.59. The molecule has 2 aromatic heterocycles. The largest absolute Gasteiger partial charge is 0.478 e. The zero-order valence-corrected chi connectivity index (χ0v) is 9.53. The Morgan fingerprint density at radius 1 is 1.44 bits per heavy atom. The van der Waals surface area contributed by atoms with Crippen LogP contribution in [0.3, 0.4) is 0 Å². The predicted octanol–water partition coefficient (Wildman–Crippen LogP) is 1.65. The molecule has 0 aliphatic carbocycles. The fraction of sp³-hybridized carbons (Fsp3) is 0.0833. The van der Waals surface area contributed by atoms with Gasteiger partial charge in [-0.15, -0.1) is 0 Å². The first-order valence-corrected chi connectivity index (χ1v) is 5.09. The lowest BCUT2D eigenvalue weighted by Gasteiger charge is -2.14. The molecule has 1 amide bonds. The number of furan rings is 1. The predicted molar refractivity (Wildman–Crippen MR) is 62.6 cm³/mol. The number of pyridine rings is 1. The van der Waals surface area contributed by atoms with Crippen LogP contribution in [0.25, 0.3) is 0 Å². The quantitative estimate of drug-likeness (QED) is 0.890. The molecule has 0 radical (unpaired) electrons.